The highest BCUT2D eigenvalue weighted by atomic mass is 19.1. The van der Waals surface area contributed by atoms with Crippen LogP contribution in [0.3, 0.4) is 0 Å². The predicted molar refractivity (Wildman–Crippen MR) is 132 cm³/mol. The van der Waals surface area contributed by atoms with Crippen molar-refractivity contribution in [3.63, 3.8) is 0 Å². The minimum atomic E-state index is -0.594. The van der Waals surface area contributed by atoms with Gasteiger partial charge in [0, 0.05) is 50.9 Å². The number of benzene rings is 1. The molecule has 0 unspecified atom stereocenters. The number of aromatic nitrogens is 3. The van der Waals surface area contributed by atoms with Crippen LogP contribution in [0.2, 0.25) is 0 Å². The van der Waals surface area contributed by atoms with Gasteiger partial charge in [-0.3, -0.25) is 19.4 Å². The van der Waals surface area contributed by atoms with E-state index < -0.39 is 11.7 Å². The Kier molecular flexibility index (Phi) is 6.75. The van der Waals surface area contributed by atoms with Gasteiger partial charge in [-0.1, -0.05) is 12.1 Å². The maximum Gasteiger partial charge on any atom is 0.272 e. The van der Waals surface area contributed by atoms with Crippen LogP contribution in [-0.2, 0) is 12.8 Å². The number of H-pyrrole nitrogens is 1. The van der Waals surface area contributed by atoms with Crippen molar-refractivity contribution in [1.29, 1.82) is 0 Å². The fourth-order valence-electron chi connectivity index (χ4n) is 4.77. The van der Waals surface area contributed by atoms with Gasteiger partial charge in [0.1, 0.15) is 11.5 Å². The number of nitrogens with one attached hydrogen (secondary N) is 2. The first-order valence-corrected chi connectivity index (χ1v) is 12.1. The van der Waals surface area contributed by atoms with Crippen LogP contribution in [0.25, 0.3) is 0 Å². The van der Waals surface area contributed by atoms with Crippen LogP contribution in [0, 0.1) is 5.82 Å². The molecule has 3 aromatic rings. The van der Waals surface area contributed by atoms with Gasteiger partial charge in [0.15, 0.2) is 0 Å². The van der Waals surface area contributed by atoms with Crippen molar-refractivity contribution >= 4 is 17.5 Å². The Morgan fingerprint density at radius 2 is 1.81 bits per heavy atom. The van der Waals surface area contributed by atoms with E-state index in [4.69, 9.17) is 0 Å². The number of aromatic amines is 1. The van der Waals surface area contributed by atoms with Gasteiger partial charge >= 0.3 is 0 Å². The number of nitrogens with zero attached hydrogens (tertiary/aromatic N) is 4. The van der Waals surface area contributed by atoms with Crippen LogP contribution in [-0.4, -0.2) is 69.5 Å². The highest BCUT2D eigenvalue weighted by Gasteiger charge is 2.26. The molecule has 186 valence electrons. The zero-order valence-electron chi connectivity index (χ0n) is 19.8. The molecule has 2 amide bonds. The second kappa shape index (κ2) is 10.3. The zero-order valence-corrected chi connectivity index (χ0v) is 19.8. The monoisotopic (exact) mass is 490 g/mol. The molecule has 9 nitrogen and oxygen atoms in total. The fraction of sp³-hybridized carbons (Fsp3) is 0.346. The number of amides is 2. The van der Waals surface area contributed by atoms with E-state index >= 15 is 0 Å². The summed E-state index contributed by atoms with van der Waals surface area (Å²) in [5.74, 6) is -1.18. The van der Waals surface area contributed by atoms with Crippen molar-refractivity contribution in [2.45, 2.75) is 25.7 Å². The molecule has 10 heteroatoms. The minimum absolute atomic E-state index is 0.0109. The maximum atomic E-state index is 14.8. The zero-order chi connectivity index (χ0) is 25.1. The van der Waals surface area contributed by atoms with E-state index in [9.17, 15) is 18.8 Å². The summed E-state index contributed by atoms with van der Waals surface area (Å²) in [5, 5.41) is 10.0. The standard InChI is InChI=1S/C26H27FN6O3/c27-20-8-7-17(16-22-23-18(5-3-10-29-23)24(34)31-30-22)15-19(20)25(35)32-11-4-12-33(14-13-32)26(36)21-6-1-2-9-28-21/h1-2,6-9,15,29H,3-5,10-14,16H2,(H,31,34). The van der Waals surface area contributed by atoms with Crippen LogP contribution in [0.5, 0.6) is 0 Å². The van der Waals surface area contributed by atoms with Gasteiger partial charge < -0.3 is 15.1 Å². The molecule has 2 N–H and O–H groups in total. The lowest BCUT2D eigenvalue weighted by Crippen LogP contribution is -2.37. The van der Waals surface area contributed by atoms with E-state index in [1.807, 2.05) is 0 Å². The summed E-state index contributed by atoms with van der Waals surface area (Å²) < 4.78 is 14.8. The molecule has 0 radical (unpaired) electrons. The molecule has 1 aromatic carbocycles. The number of hydrogen-bond acceptors (Lipinski definition) is 6. The average Bonchev–Trinajstić information content (AvgIpc) is 3.18. The second-order valence-corrected chi connectivity index (χ2v) is 9.03. The first-order chi connectivity index (χ1) is 17.5. The van der Waals surface area contributed by atoms with E-state index in [0.717, 1.165) is 24.2 Å². The molecule has 4 heterocycles. The van der Waals surface area contributed by atoms with Crippen molar-refractivity contribution < 1.29 is 14.0 Å². The SMILES string of the molecule is O=C(c1ccccn1)N1CCCN(C(=O)c2cc(Cc3n[nH]c(=O)c4c3NCCC4)ccc2F)CC1. The smallest absolute Gasteiger partial charge is 0.272 e. The average molecular weight is 491 g/mol. The molecule has 36 heavy (non-hydrogen) atoms. The van der Waals surface area contributed by atoms with Crippen molar-refractivity contribution in [1.82, 2.24) is 25.0 Å². The molecule has 0 atom stereocenters. The van der Waals surface area contributed by atoms with Crippen molar-refractivity contribution in [3.05, 3.63) is 86.8 Å². The first-order valence-electron chi connectivity index (χ1n) is 12.1. The maximum absolute atomic E-state index is 14.8. The molecule has 0 spiro atoms. The second-order valence-electron chi connectivity index (χ2n) is 9.03. The summed E-state index contributed by atoms with van der Waals surface area (Å²) in [6, 6.07) is 9.66. The van der Waals surface area contributed by atoms with Gasteiger partial charge in [-0.05, 0) is 49.1 Å². The number of fused-ring (bicyclic) bond motifs is 1. The minimum Gasteiger partial charge on any atom is -0.383 e. The predicted octanol–water partition coefficient (Wildman–Crippen LogP) is 2.24. The Hall–Kier alpha value is -4.08. The Morgan fingerprint density at radius 1 is 1.00 bits per heavy atom. The van der Waals surface area contributed by atoms with Gasteiger partial charge in [-0.15, -0.1) is 0 Å². The number of halogens is 1. The number of pyridine rings is 1. The normalized spacial score (nSPS) is 15.6. The summed E-state index contributed by atoms with van der Waals surface area (Å²) in [5.41, 5.74) is 2.94. The highest BCUT2D eigenvalue weighted by molar-refractivity contribution is 5.95. The number of hydrogen-bond donors (Lipinski definition) is 2. The van der Waals surface area contributed by atoms with E-state index in [-0.39, 0.29) is 17.0 Å². The lowest BCUT2D eigenvalue weighted by molar-refractivity contribution is 0.0713. The van der Waals surface area contributed by atoms with Crippen LogP contribution in [0.1, 0.15) is 50.5 Å². The Labute approximate surface area is 207 Å². The van der Waals surface area contributed by atoms with Gasteiger partial charge in [-0.25, -0.2) is 9.49 Å². The number of carbonyl (C=O) groups excluding carboxylic acids is 2. The van der Waals surface area contributed by atoms with Gasteiger partial charge in [-0.2, -0.15) is 5.10 Å². The summed E-state index contributed by atoms with van der Waals surface area (Å²) >= 11 is 0. The Bertz CT molecular complexity index is 1340. The molecule has 0 saturated carbocycles. The third-order valence-corrected chi connectivity index (χ3v) is 6.65. The molecule has 2 aromatic heterocycles. The van der Waals surface area contributed by atoms with Crippen molar-refractivity contribution in [2.24, 2.45) is 0 Å². The van der Waals surface area contributed by atoms with Crippen LogP contribution >= 0.6 is 0 Å². The summed E-state index contributed by atoms with van der Waals surface area (Å²) in [6.45, 7) is 2.33. The topological polar surface area (TPSA) is 111 Å². The third kappa shape index (κ3) is 4.84. The van der Waals surface area contributed by atoms with E-state index in [1.54, 1.807) is 46.3 Å². The molecule has 2 aliphatic heterocycles. The van der Waals surface area contributed by atoms with Crippen LogP contribution < -0.4 is 10.9 Å². The quantitative estimate of drug-likeness (QED) is 0.580. The van der Waals surface area contributed by atoms with Crippen LogP contribution in [0.4, 0.5) is 10.1 Å². The van der Waals surface area contributed by atoms with Crippen LogP contribution in [0.15, 0.2) is 47.4 Å². The van der Waals surface area contributed by atoms with Crippen molar-refractivity contribution in [3.8, 4) is 0 Å². The summed E-state index contributed by atoms with van der Waals surface area (Å²) in [6.07, 6.45) is 4.06. The largest absolute Gasteiger partial charge is 0.383 e. The number of anilines is 1. The molecular formula is C26H27FN6O3. The Morgan fingerprint density at radius 3 is 2.58 bits per heavy atom. The molecule has 1 fully saturated rings. The van der Waals surface area contributed by atoms with E-state index in [1.165, 1.54) is 6.07 Å². The third-order valence-electron chi connectivity index (χ3n) is 6.65. The van der Waals surface area contributed by atoms with E-state index in [0.29, 0.717) is 62.4 Å². The number of carbonyl (C=O) groups is 2. The van der Waals surface area contributed by atoms with Gasteiger partial charge in [0.25, 0.3) is 17.4 Å². The van der Waals surface area contributed by atoms with Crippen molar-refractivity contribution in [2.75, 3.05) is 38.0 Å². The fourth-order valence-corrected chi connectivity index (χ4v) is 4.77. The molecule has 0 aliphatic carbocycles. The lowest BCUT2D eigenvalue weighted by Gasteiger charge is -2.22. The Balaban J connectivity index is 1.32. The summed E-state index contributed by atoms with van der Waals surface area (Å²) in [7, 11) is 0. The first kappa shape index (κ1) is 23.7. The van der Waals surface area contributed by atoms with E-state index in [2.05, 4.69) is 20.5 Å². The summed E-state index contributed by atoms with van der Waals surface area (Å²) in [4.78, 5) is 45.6. The molecule has 0 bridgehead atoms. The molecule has 5 rings (SSSR count). The molecule has 2 aliphatic rings. The van der Waals surface area contributed by atoms with Gasteiger partial charge in [0.05, 0.1) is 16.9 Å². The number of rotatable bonds is 4. The van der Waals surface area contributed by atoms with Gasteiger partial charge in [0.2, 0.25) is 0 Å². The molecular weight excluding hydrogens is 463 g/mol. The highest BCUT2D eigenvalue weighted by Crippen LogP contribution is 2.24. The lowest BCUT2D eigenvalue weighted by atomic mass is 9.99. The molecule has 1 saturated heterocycles.